The van der Waals surface area contributed by atoms with Gasteiger partial charge >= 0.3 is 0 Å². The summed E-state index contributed by atoms with van der Waals surface area (Å²) in [5.74, 6) is 2.91. The predicted molar refractivity (Wildman–Crippen MR) is 99.2 cm³/mol. The van der Waals surface area contributed by atoms with Crippen molar-refractivity contribution in [2.45, 2.75) is 42.2 Å². The molecular formula is C18H22N2O2S2. The lowest BCUT2D eigenvalue weighted by molar-refractivity contribution is -0.124. The minimum Gasteiger partial charge on any atom is -0.484 e. The van der Waals surface area contributed by atoms with Gasteiger partial charge in [-0.25, -0.2) is 0 Å². The van der Waals surface area contributed by atoms with Crippen LogP contribution < -0.4 is 10.1 Å². The molecule has 0 radical (unpaired) electrons. The molecule has 1 amide bonds. The maximum Gasteiger partial charge on any atom is 0.259 e. The molecule has 2 fully saturated rings. The first-order chi connectivity index (χ1) is 11.7. The zero-order valence-corrected chi connectivity index (χ0v) is 15.3. The molecular weight excluding hydrogens is 340 g/mol. The number of carbonyl (C=O) groups is 1. The van der Waals surface area contributed by atoms with E-state index < -0.39 is 5.54 Å². The van der Waals surface area contributed by atoms with E-state index in [-0.39, 0.29) is 12.5 Å². The maximum absolute atomic E-state index is 12.1. The normalized spacial score (nSPS) is 20.3. The van der Waals surface area contributed by atoms with Crippen LogP contribution in [0.1, 0.15) is 42.2 Å². The Bertz CT molecular complexity index is 600. The molecule has 1 heterocycles. The van der Waals surface area contributed by atoms with Crippen LogP contribution in [0.25, 0.3) is 0 Å². The Morgan fingerprint density at radius 2 is 1.88 bits per heavy atom. The second kappa shape index (κ2) is 8.17. The summed E-state index contributed by atoms with van der Waals surface area (Å²) in [6.45, 7) is -0.0459. The van der Waals surface area contributed by atoms with E-state index in [0.717, 1.165) is 25.7 Å². The summed E-state index contributed by atoms with van der Waals surface area (Å²) in [5, 5.41) is 12.1. The molecule has 0 atom stereocenters. The average Bonchev–Trinajstić information content (AvgIpc) is 3.10. The molecule has 1 saturated heterocycles. The lowest BCUT2D eigenvalue weighted by atomic mass is 10.00. The van der Waals surface area contributed by atoms with Crippen LogP contribution in [0.15, 0.2) is 24.3 Å². The molecule has 6 heteroatoms. The van der Waals surface area contributed by atoms with Crippen LogP contribution in [-0.2, 0) is 4.79 Å². The summed E-state index contributed by atoms with van der Waals surface area (Å²) < 4.78 is 6.08. The summed E-state index contributed by atoms with van der Waals surface area (Å²) in [6.07, 6.45) is 4.74. The minimum atomic E-state index is -0.681. The number of rotatable bonds is 5. The molecule has 1 aromatic rings. The number of amides is 1. The Balaban J connectivity index is 1.49. The first-order valence-corrected chi connectivity index (χ1v) is 10.5. The molecule has 1 saturated carbocycles. The summed E-state index contributed by atoms with van der Waals surface area (Å²) in [5.41, 5.74) is 0.621. The summed E-state index contributed by atoms with van der Waals surface area (Å²) in [6, 6.07) is 10.3. The summed E-state index contributed by atoms with van der Waals surface area (Å²) >= 11 is 3.98. The molecule has 4 nitrogen and oxygen atoms in total. The van der Waals surface area contributed by atoms with E-state index >= 15 is 0 Å². The van der Waals surface area contributed by atoms with Gasteiger partial charge in [-0.05, 0) is 61.3 Å². The lowest BCUT2D eigenvalue weighted by Crippen LogP contribution is -2.47. The molecule has 0 spiro atoms. The lowest BCUT2D eigenvalue weighted by Gasteiger charge is -2.22. The van der Waals surface area contributed by atoms with Crippen molar-refractivity contribution in [3.05, 3.63) is 29.8 Å². The van der Waals surface area contributed by atoms with Gasteiger partial charge in [0.25, 0.3) is 5.91 Å². The van der Waals surface area contributed by atoms with Gasteiger partial charge in [-0.1, -0.05) is 12.1 Å². The quantitative estimate of drug-likeness (QED) is 0.861. The third-order valence-corrected chi connectivity index (χ3v) is 7.41. The number of thioether (sulfide) groups is 2. The highest BCUT2D eigenvalue weighted by Gasteiger charge is 2.35. The molecule has 3 rings (SSSR count). The van der Waals surface area contributed by atoms with Crippen LogP contribution in [0.4, 0.5) is 0 Å². The van der Waals surface area contributed by atoms with Crippen LogP contribution in [0.2, 0.25) is 0 Å². The van der Waals surface area contributed by atoms with Gasteiger partial charge in [0, 0.05) is 0 Å². The van der Waals surface area contributed by atoms with Crippen molar-refractivity contribution in [2.75, 3.05) is 18.1 Å². The van der Waals surface area contributed by atoms with Crippen molar-refractivity contribution in [2.24, 2.45) is 0 Å². The van der Waals surface area contributed by atoms with Crippen molar-refractivity contribution in [3.8, 4) is 11.8 Å². The van der Waals surface area contributed by atoms with Crippen LogP contribution in [0, 0.1) is 11.3 Å². The van der Waals surface area contributed by atoms with Gasteiger partial charge in [0.1, 0.15) is 11.3 Å². The second-order valence-corrected chi connectivity index (χ2v) is 8.96. The number of hydrogen-bond acceptors (Lipinski definition) is 5. The van der Waals surface area contributed by atoms with E-state index in [1.165, 1.54) is 23.5 Å². The predicted octanol–water partition coefficient (Wildman–Crippen LogP) is 3.89. The van der Waals surface area contributed by atoms with Gasteiger partial charge in [0.15, 0.2) is 6.61 Å². The van der Waals surface area contributed by atoms with E-state index in [2.05, 4.69) is 23.5 Å². The Labute approximate surface area is 151 Å². The smallest absolute Gasteiger partial charge is 0.259 e. The second-order valence-electron chi connectivity index (χ2n) is 6.23. The van der Waals surface area contributed by atoms with Crippen molar-refractivity contribution in [1.82, 2.24) is 5.32 Å². The fourth-order valence-electron chi connectivity index (χ4n) is 3.10. The molecule has 1 N–H and O–H groups in total. The largest absolute Gasteiger partial charge is 0.484 e. The maximum atomic E-state index is 12.1. The van der Waals surface area contributed by atoms with Gasteiger partial charge in [-0.15, -0.1) is 23.5 Å². The van der Waals surface area contributed by atoms with Gasteiger partial charge < -0.3 is 10.1 Å². The van der Waals surface area contributed by atoms with Crippen molar-refractivity contribution in [3.63, 3.8) is 0 Å². The standard InChI is InChI=1S/C18H22N2O2S2/c19-13-18(8-1-2-9-18)20-16(21)12-22-15-6-4-14(5-7-15)17-23-10-3-11-24-17/h4-7,17H,1-3,8-12H2,(H,20,21). The highest BCUT2D eigenvalue weighted by Crippen LogP contribution is 2.43. The Hall–Kier alpha value is -1.32. The first kappa shape index (κ1) is 17.5. The molecule has 128 valence electrons. The number of carbonyl (C=O) groups excluding carboxylic acids is 1. The number of nitrogens with one attached hydrogen (secondary N) is 1. The average molecular weight is 363 g/mol. The zero-order valence-electron chi connectivity index (χ0n) is 13.6. The monoisotopic (exact) mass is 362 g/mol. The van der Waals surface area contributed by atoms with E-state index in [1.807, 2.05) is 35.7 Å². The van der Waals surface area contributed by atoms with Crippen LogP contribution in [-0.4, -0.2) is 29.6 Å². The van der Waals surface area contributed by atoms with E-state index in [4.69, 9.17) is 4.74 Å². The number of nitriles is 1. The number of hydrogen-bond donors (Lipinski definition) is 1. The SMILES string of the molecule is N#CC1(NC(=O)COc2ccc(C3SCCCS3)cc2)CCCC1. The Morgan fingerprint density at radius 3 is 2.50 bits per heavy atom. The molecule has 0 unspecified atom stereocenters. The number of benzene rings is 1. The molecule has 2 aliphatic rings. The zero-order chi connectivity index (χ0) is 16.8. The van der Waals surface area contributed by atoms with E-state index in [9.17, 15) is 10.1 Å². The first-order valence-electron chi connectivity index (χ1n) is 8.39. The molecule has 0 aromatic heterocycles. The molecule has 1 aromatic carbocycles. The topological polar surface area (TPSA) is 62.1 Å². The minimum absolute atomic E-state index is 0.0459. The summed E-state index contributed by atoms with van der Waals surface area (Å²) in [4.78, 5) is 12.1. The molecule has 0 bridgehead atoms. The van der Waals surface area contributed by atoms with Gasteiger partial charge in [-0.2, -0.15) is 5.26 Å². The van der Waals surface area contributed by atoms with Crippen molar-refractivity contribution < 1.29 is 9.53 Å². The third kappa shape index (κ3) is 4.40. The highest BCUT2D eigenvalue weighted by molar-refractivity contribution is 8.16. The fraction of sp³-hybridized carbons (Fsp3) is 0.556. The van der Waals surface area contributed by atoms with Crippen LogP contribution in [0.3, 0.4) is 0 Å². The molecule has 1 aliphatic heterocycles. The van der Waals surface area contributed by atoms with Gasteiger partial charge in [0.2, 0.25) is 0 Å². The fourth-order valence-corrected chi connectivity index (χ4v) is 5.99. The summed E-state index contributed by atoms with van der Waals surface area (Å²) in [7, 11) is 0. The molecule has 1 aliphatic carbocycles. The third-order valence-electron chi connectivity index (χ3n) is 4.40. The van der Waals surface area contributed by atoms with Crippen molar-refractivity contribution in [1.29, 1.82) is 5.26 Å². The van der Waals surface area contributed by atoms with Gasteiger partial charge in [-0.3, -0.25) is 4.79 Å². The van der Waals surface area contributed by atoms with Crippen molar-refractivity contribution >= 4 is 29.4 Å². The molecule has 24 heavy (non-hydrogen) atoms. The van der Waals surface area contributed by atoms with Crippen LogP contribution >= 0.6 is 23.5 Å². The highest BCUT2D eigenvalue weighted by atomic mass is 32.2. The number of nitrogens with zero attached hydrogens (tertiary/aromatic N) is 1. The number of ether oxygens (including phenoxy) is 1. The van der Waals surface area contributed by atoms with Crippen LogP contribution in [0.5, 0.6) is 5.75 Å². The Kier molecular flexibility index (Phi) is 5.96. The Morgan fingerprint density at radius 1 is 1.21 bits per heavy atom. The van der Waals surface area contributed by atoms with E-state index in [0.29, 0.717) is 10.3 Å². The van der Waals surface area contributed by atoms with Gasteiger partial charge in [0.05, 0.1) is 10.7 Å². The van der Waals surface area contributed by atoms with E-state index in [1.54, 1.807) is 0 Å².